The second-order valence-corrected chi connectivity index (χ2v) is 4.61. The number of carbonyl (C=O) groups is 1. The molecule has 0 aliphatic carbocycles. The Morgan fingerprint density at radius 3 is 2.38 bits per heavy atom. The lowest BCUT2D eigenvalue weighted by molar-refractivity contribution is -0.128. The summed E-state index contributed by atoms with van der Waals surface area (Å²) in [5.41, 5.74) is 4.00. The molecule has 0 saturated heterocycles. The molecular formula is C13H22N2O. The lowest BCUT2D eigenvalue weighted by Gasteiger charge is -2.10. The van der Waals surface area contributed by atoms with E-state index in [-0.39, 0.29) is 5.91 Å². The Bertz CT molecular complexity index is 378. The highest BCUT2D eigenvalue weighted by atomic mass is 16.2. The second kappa shape index (κ2) is 5.19. The third-order valence-corrected chi connectivity index (χ3v) is 3.20. The predicted molar refractivity (Wildman–Crippen MR) is 66.6 cm³/mol. The van der Waals surface area contributed by atoms with Gasteiger partial charge in [0.15, 0.2) is 0 Å². The van der Waals surface area contributed by atoms with E-state index in [1.165, 1.54) is 16.8 Å². The lowest BCUT2D eigenvalue weighted by Crippen LogP contribution is -2.21. The van der Waals surface area contributed by atoms with Crippen molar-refractivity contribution < 1.29 is 4.79 Å². The van der Waals surface area contributed by atoms with Crippen LogP contribution in [0.4, 0.5) is 0 Å². The first-order chi connectivity index (χ1) is 7.43. The summed E-state index contributed by atoms with van der Waals surface area (Å²) >= 11 is 0. The van der Waals surface area contributed by atoms with Gasteiger partial charge in [0, 0.05) is 39.0 Å². The molecule has 0 unspecified atom stereocenters. The molecule has 0 radical (unpaired) electrons. The molecule has 16 heavy (non-hydrogen) atoms. The number of aromatic nitrogens is 1. The van der Waals surface area contributed by atoms with Crippen molar-refractivity contribution in [2.45, 2.75) is 40.2 Å². The van der Waals surface area contributed by atoms with E-state index >= 15 is 0 Å². The predicted octanol–water partition coefficient (Wildman–Crippen LogP) is 2.28. The molecule has 0 fully saturated rings. The molecule has 0 saturated carbocycles. The molecule has 0 N–H and O–H groups in total. The van der Waals surface area contributed by atoms with E-state index in [0.29, 0.717) is 6.42 Å². The highest BCUT2D eigenvalue weighted by molar-refractivity contribution is 5.75. The molecule has 1 heterocycles. The summed E-state index contributed by atoms with van der Waals surface area (Å²) in [7, 11) is 3.61. The van der Waals surface area contributed by atoms with Crippen molar-refractivity contribution in [1.82, 2.24) is 9.47 Å². The molecule has 0 aliphatic rings. The summed E-state index contributed by atoms with van der Waals surface area (Å²) in [6.07, 6.45) is 3.71. The van der Waals surface area contributed by atoms with Crippen molar-refractivity contribution in [3.05, 3.63) is 23.0 Å². The van der Waals surface area contributed by atoms with Crippen molar-refractivity contribution in [3.63, 3.8) is 0 Å². The third-order valence-electron chi connectivity index (χ3n) is 3.20. The normalized spacial score (nSPS) is 10.6. The number of aryl methyl sites for hydroxylation is 2. The van der Waals surface area contributed by atoms with Gasteiger partial charge in [0.25, 0.3) is 0 Å². The molecule has 1 rings (SSSR count). The van der Waals surface area contributed by atoms with Crippen LogP contribution < -0.4 is 0 Å². The molecule has 1 amide bonds. The van der Waals surface area contributed by atoms with Gasteiger partial charge in [-0.2, -0.15) is 0 Å². The van der Waals surface area contributed by atoms with Crippen molar-refractivity contribution in [3.8, 4) is 0 Å². The fraction of sp³-hybridized carbons (Fsp3) is 0.615. The summed E-state index contributed by atoms with van der Waals surface area (Å²) in [5.74, 6) is 0.207. The minimum absolute atomic E-state index is 0.207. The Kier molecular flexibility index (Phi) is 4.16. The first kappa shape index (κ1) is 12.8. The van der Waals surface area contributed by atoms with E-state index in [2.05, 4.69) is 31.5 Å². The molecular weight excluding hydrogens is 200 g/mol. The number of hydrogen-bond donors (Lipinski definition) is 0. The highest BCUT2D eigenvalue weighted by Crippen LogP contribution is 2.15. The molecule has 0 bridgehead atoms. The first-order valence-corrected chi connectivity index (χ1v) is 5.76. The average Bonchev–Trinajstić information content (AvgIpc) is 2.46. The summed E-state index contributed by atoms with van der Waals surface area (Å²) in [5, 5.41) is 0. The van der Waals surface area contributed by atoms with E-state index in [1.807, 2.05) is 0 Å². The fourth-order valence-corrected chi connectivity index (χ4v) is 1.78. The van der Waals surface area contributed by atoms with Gasteiger partial charge in [0.05, 0.1) is 0 Å². The van der Waals surface area contributed by atoms with Gasteiger partial charge in [-0.1, -0.05) is 0 Å². The summed E-state index contributed by atoms with van der Waals surface area (Å²) in [6, 6.07) is 0. The van der Waals surface area contributed by atoms with Crippen LogP contribution in [0.3, 0.4) is 0 Å². The molecule has 0 aromatic carbocycles. The van der Waals surface area contributed by atoms with Crippen LogP contribution in [0.15, 0.2) is 6.20 Å². The van der Waals surface area contributed by atoms with Gasteiger partial charge < -0.3 is 9.47 Å². The topological polar surface area (TPSA) is 25.2 Å². The van der Waals surface area contributed by atoms with E-state index in [4.69, 9.17) is 0 Å². The second-order valence-electron chi connectivity index (χ2n) is 4.61. The molecule has 0 atom stereocenters. The Balaban J connectivity index is 2.49. The largest absolute Gasteiger partial charge is 0.351 e. The van der Waals surface area contributed by atoms with Crippen LogP contribution in [0.2, 0.25) is 0 Å². The zero-order chi connectivity index (χ0) is 12.3. The van der Waals surface area contributed by atoms with Gasteiger partial charge in [0.1, 0.15) is 0 Å². The molecule has 1 aromatic heterocycles. The third kappa shape index (κ3) is 2.87. The Morgan fingerprint density at radius 1 is 1.31 bits per heavy atom. The maximum Gasteiger partial charge on any atom is 0.222 e. The van der Waals surface area contributed by atoms with Gasteiger partial charge >= 0.3 is 0 Å². The standard InChI is InChI=1S/C13H22N2O/c1-10-9-15(12(3)11(10)2)8-6-7-13(16)14(4)5/h9H,6-8H2,1-5H3. The van der Waals surface area contributed by atoms with Gasteiger partial charge in [-0.15, -0.1) is 0 Å². The van der Waals surface area contributed by atoms with Crippen LogP contribution in [0.5, 0.6) is 0 Å². The fourth-order valence-electron chi connectivity index (χ4n) is 1.78. The Labute approximate surface area is 98.1 Å². The summed E-state index contributed by atoms with van der Waals surface area (Å²) in [4.78, 5) is 13.1. The Morgan fingerprint density at radius 2 is 1.94 bits per heavy atom. The maximum atomic E-state index is 11.4. The van der Waals surface area contributed by atoms with Crippen LogP contribution in [0, 0.1) is 20.8 Å². The lowest BCUT2D eigenvalue weighted by atomic mass is 10.2. The van der Waals surface area contributed by atoms with Crippen LogP contribution in [0.25, 0.3) is 0 Å². The van der Waals surface area contributed by atoms with Crippen molar-refractivity contribution in [2.24, 2.45) is 0 Å². The van der Waals surface area contributed by atoms with E-state index < -0.39 is 0 Å². The molecule has 90 valence electrons. The minimum Gasteiger partial charge on any atom is -0.351 e. The van der Waals surface area contributed by atoms with E-state index in [9.17, 15) is 4.79 Å². The number of nitrogens with zero attached hydrogens (tertiary/aromatic N) is 2. The van der Waals surface area contributed by atoms with Gasteiger partial charge in [-0.25, -0.2) is 0 Å². The van der Waals surface area contributed by atoms with E-state index in [0.717, 1.165) is 13.0 Å². The van der Waals surface area contributed by atoms with Gasteiger partial charge in [-0.05, 0) is 38.3 Å². The SMILES string of the molecule is Cc1cn(CCCC(=O)N(C)C)c(C)c1C. The first-order valence-electron chi connectivity index (χ1n) is 5.76. The van der Waals surface area contributed by atoms with E-state index in [1.54, 1.807) is 19.0 Å². The zero-order valence-electron chi connectivity index (χ0n) is 11.0. The zero-order valence-corrected chi connectivity index (χ0v) is 11.0. The van der Waals surface area contributed by atoms with Crippen molar-refractivity contribution in [1.29, 1.82) is 0 Å². The number of carbonyl (C=O) groups excluding carboxylic acids is 1. The van der Waals surface area contributed by atoms with Gasteiger partial charge in [-0.3, -0.25) is 4.79 Å². The van der Waals surface area contributed by atoms with Crippen LogP contribution in [0.1, 0.15) is 29.7 Å². The maximum absolute atomic E-state index is 11.4. The molecule has 1 aromatic rings. The van der Waals surface area contributed by atoms with Crippen LogP contribution in [-0.2, 0) is 11.3 Å². The number of rotatable bonds is 4. The molecule has 3 heteroatoms. The quantitative estimate of drug-likeness (QED) is 0.767. The molecule has 0 aliphatic heterocycles. The average molecular weight is 222 g/mol. The van der Waals surface area contributed by atoms with Gasteiger partial charge in [0.2, 0.25) is 5.91 Å². The summed E-state index contributed by atoms with van der Waals surface area (Å²) in [6.45, 7) is 7.34. The molecule has 0 spiro atoms. The number of hydrogen-bond acceptors (Lipinski definition) is 1. The Hall–Kier alpha value is -1.25. The van der Waals surface area contributed by atoms with Crippen molar-refractivity contribution >= 4 is 5.91 Å². The van der Waals surface area contributed by atoms with Crippen LogP contribution >= 0.6 is 0 Å². The highest BCUT2D eigenvalue weighted by Gasteiger charge is 2.07. The number of amides is 1. The summed E-state index contributed by atoms with van der Waals surface area (Å²) < 4.78 is 2.24. The minimum atomic E-state index is 0.207. The monoisotopic (exact) mass is 222 g/mol. The molecule has 3 nitrogen and oxygen atoms in total. The van der Waals surface area contributed by atoms with Crippen LogP contribution in [-0.4, -0.2) is 29.5 Å². The smallest absolute Gasteiger partial charge is 0.222 e. The van der Waals surface area contributed by atoms with Crippen molar-refractivity contribution in [2.75, 3.05) is 14.1 Å².